The number of nitrogens with one attached hydrogen (secondary N) is 2. The van der Waals surface area contributed by atoms with E-state index in [2.05, 4.69) is 42.6 Å². The zero-order valence-corrected chi connectivity index (χ0v) is 15.9. The molecule has 0 saturated carbocycles. The molecule has 5 rings (SSSR count). The fraction of sp³-hybridized carbons (Fsp3) is 0.300. The van der Waals surface area contributed by atoms with Gasteiger partial charge < -0.3 is 5.32 Å². The molecule has 0 fully saturated rings. The molecule has 1 aromatic carbocycles. The van der Waals surface area contributed by atoms with E-state index in [1.54, 1.807) is 6.33 Å². The average molecular weight is 376 g/mol. The van der Waals surface area contributed by atoms with Crippen molar-refractivity contribution < 1.29 is 0 Å². The SMILES string of the molecule is Cc1nc(C(Nc2ncnc3sc4c(c23)CCCC4)c2ccccc2)n[nH]1. The number of fused-ring (bicyclic) bond motifs is 3. The smallest absolute Gasteiger partial charge is 0.177 e. The Hall–Kier alpha value is -2.80. The lowest BCUT2D eigenvalue weighted by molar-refractivity contribution is 0.700. The van der Waals surface area contributed by atoms with Crippen molar-refractivity contribution in [3.05, 3.63) is 64.3 Å². The molecule has 0 bridgehead atoms. The second-order valence-corrected chi connectivity index (χ2v) is 7.96. The number of hydrogen-bond donors (Lipinski definition) is 2. The largest absolute Gasteiger partial charge is 0.355 e. The number of anilines is 1. The van der Waals surface area contributed by atoms with Gasteiger partial charge in [0, 0.05) is 4.88 Å². The second kappa shape index (κ2) is 6.74. The number of H-pyrrole nitrogens is 1. The van der Waals surface area contributed by atoms with Crippen molar-refractivity contribution in [1.29, 1.82) is 0 Å². The fourth-order valence-corrected chi connectivity index (χ4v) is 5.00. The fourth-order valence-electron chi connectivity index (χ4n) is 3.77. The van der Waals surface area contributed by atoms with Gasteiger partial charge in [0.25, 0.3) is 0 Å². The summed E-state index contributed by atoms with van der Waals surface area (Å²) in [6, 6.07) is 10.1. The van der Waals surface area contributed by atoms with Crippen LogP contribution >= 0.6 is 11.3 Å². The monoisotopic (exact) mass is 376 g/mol. The van der Waals surface area contributed by atoms with Crippen LogP contribution in [0.3, 0.4) is 0 Å². The standard InChI is InChI=1S/C20H20N6S/c1-12-23-19(26-25-12)17(13-7-3-2-4-8-13)24-18-16-14-9-5-6-10-15(14)27-20(16)22-11-21-18/h2-4,7-8,11,17H,5-6,9-10H2,1H3,(H,21,22,24)(H,23,25,26). The van der Waals surface area contributed by atoms with E-state index in [1.165, 1.54) is 28.7 Å². The highest BCUT2D eigenvalue weighted by Gasteiger charge is 2.24. The van der Waals surface area contributed by atoms with E-state index in [-0.39, 0.29) is 6.04 Å². The predicted molar refractivity (Wildman–Crippen MR) is 107 cm³/mol. The number of aromatic nitrogens is 5. The summed E-state index contributed by atoms with van der Waals surface area (Å²) in [6.07, 6.45) is 6.40. The Morgan fingerprint density at radius 3 is 2.78 bits per heavy atom. The summed E-state index contributed by atoms with van der Waals surface area (Å²) in [5.74, 6) is 2.39. The Balaban J connectivity index is 1.62. The molecule has 0 aliphatic heterocycles. The first-order valence-corrected chi connectivity index (χ1v) is 10.1. The van der Waals surface area contributed by atoms with Crippen molar-refractivity contribution in [3.63, 3.8) is 0 Å². The molecule has 27 heavy (non-hydrogen) atoms. The number of rotatable bonds is 4. The normalized spacial score (nSPS) is 14.9. The Morgan fingerprint density at radius 2 is 1.96 bits per heavy atom. The number of nitrogens with zero attached hydrogens (tertiary/aromatic N) is 4. The van der Waals surface area contributed by atoms with Crippen LogP contribution in [0.5, 0.6) is 0 Å². The molecular formula is C20H20N6S. The van der Waals surface area contributed by atoms with Gasteiger partial charge in [0.05, 0.1) is 5.39 Å². The molecule has 4 aromatic rings. The van der Waals surface area contributed by atoms with Gasteiger partial charge in [-0.25, -0.2) is 15.0 Å². The van der Waals surface area contributed by atoms with Gasteiger partial charge in [0.1, 0.15) is 28.8 Å². The zero-order chi connectivity index (χ0) is 18.2. The number of aryl methyl sites for hydroxylation is 3. The Morgan fingerprint density at radius 1 is 1.11 bits per heavy atom. The van der Waals surface area contributed by atoms with Crippen molar-refractivity contribution in [1.82, 2.24) is 25.1 Å². The van der Waals surface area contributed by atoms with E-state index in [0.717, 1.165) is 40.7 Å². The third kappa shape index (κ3) is 2.98. The van der Waals surface area contributed by atoms with Crippen LogP contribution in [0.25, 0.3) is 10.2 Å². The van der Waals surface area contributed by atoms with Crippen LogP contribution in [0.2, 0.25) is 0 Å². The summed E-state index contributed by atoms with van der Waals surface area (Å²) in [4.78, 5) is 16.2. The molecule has 0 saturated heterocycles. The topological polar surface area (TPSA) is 79.4 Å². The van der Waals surface area contributed by atoms with Crippen LogP contribution in [-0.2, 0) is 12.8 Å². The minimum Gasteiger partial charge on any atom is -0.355 e. The quantitative estimate of drug-likeness (QED) is 0.558. The van der Waals surface area contributed by atoms with Crippen LogP contribution in [-0.4, -0.2) is 25.1 Å². The molecule has 0 spiro atoms. The summed E-state index contributed by atoms with van der Waals surface area (Å²) in [5.41, 5.74) is 2.52. The molecule has 1 aliphatic rings. The molecule has 1 unspecified atom stereocenters. The van der Waals surface area contributed by atoms with Crippen LogP contribution in [0.1, 0.15) is 46.5 Å². The lowest BCUT2D eigenvalue weighted by Gasteiger charge is -2.18. The Kier molecular flexibility index (Phi) is 4.09. The minimum atomic E-state index is -0.173. The third-order valence-electron chi connectivity index (χ3n) is 5.04. The maximum atomic E-state index is 4.60. The summed E-state index contributed by atoms with van der Waals surface area (Å²) in [5, 5.41) is 12.1. The molecular weight excluding hydrogens is 356 g/mol. The lowest BCUT2D eigenvalue weighted by Crippen LogP contribution is -2.15. The predicted octanol–water partition coefficient (Wildman–Crippen LogP) is 4.20. The van der Waals surface area contributed by atoms with E-state index in [9.17, 15) is 0 Å². The van der Waals surface area contributed by atoms with Gasteiger partial charge in [-0.1, -0.05) is 30.3 Å². The van der Waals surface area contributed by atoms with E-state index in [4.69, 9.17) is 0 Å². The van der Waals surface area contributed by atoms with E-state index < -0.39 is 0 Å². The highest BCUT2D eigenvalue weighted by molar-refractivity contribution is 7.19. The molecule has 3 aromatic heterocycles. The van der Waals surface area contributed by atoms with Gasteiger partial charge in [0.15, 0.2) is 5.82 Å². The van der Waals surface area contributed by atoms with Gasteiger partial charge in [-0.2, -0.15) is 5.10 Å². The van der Waals surface area contributed by atoms with Crippen molar-refractivity contribution >= 4 is 27.4 Å². The highest BCUT2D eigenvalue weighted by Crippen LogP contribution is 2.39. The van der Waals surface area contributed by atoms with Gasteiger partial charge in [-0.3, -0.25) is 5.10 Å². The zero-order valence-electron chi connectivity index (χ0n) is 15.1. The average Bonchev–Trinajstić information content (AvgIpc) is 3.30. The Labute approximate surface area is 161 Å². The third-order valence-corrected chi connectivity index (χ3v) is 6.24. The van der Waals surface area contributed by atoms with Crippen LogP contribution in [0, 0.1) is 6.92 Å². The lowest BCUT2D eigenvalue weighted by atomic mass is 9.97. The maximum absolute atomic E-state index is 4.60. The van der Waals surface area contributed by atoms with Crippen molar-refractivity contribution in [3.8, 4) is 0 Å². The van der Waals surface area contributed by atoms with Gasteiger partial charge in [-0.15, -0.1) is 11.3 Å². The highest BCUT2D eigenvalue weighted by atomic mass is 32.1. The van der Waals surface area contributed by atoms with Crippen molar-refractivity contribution in [2.24, 2.45) is 0 Å². The van der Waals surface area contributed by atoms with Gasteiger partial charge >= 0.3 is 0 Å². The molecule has 1 aliphatic carbocycles. The number of hydrogen-bond acceptors (Lipinski definition) is 6. The summed E-state index contributed by atoms with van der Waals surface area (Å²) >= 11 is 1.81. The molecule has 3 heterocycles. The summed E-state index contributed by atoms with van der Waals surface area (Å²) < 4.78 is 0. The molecule has 1 atom stereocenters. The molecule has 0 amide bonds. The first kappa shape index (κ1) is 16.4. The first-order chi connectivity index (χ1) is 13.3. The van der Waals surface area contributed by atoms with Crippen molar-refractivity contribution in [2.45, 2.75) is 38.6 Å². The number of benzene rings is 1. The first-order valence-electron chi connectivity index (χ1n) is 9.25. The molecule has 6 nitrogen and oxygen atoms in total. The van der Waals surface area contributed by atoms with E-state index >= 15 is 0 Å². The summed E-state index contributed by atoms with van der Waals surface area (Å²) in [7, 11) is 0. The molecule has 2 N–H and O–H groups in total. The minimum absolute atomic E-state index is 0.173. The van der Waals surface area contributed by atoms with Crippen LogP contribution < -0.4 is 5.32 Å². The molecule has 7 heteroatoms. The number of thiophene rings is 1. The molecule has 136 valence electrons. The maximum Gasteiger partial charge on any atom is 0.177 e. The van der Waals surface area contributed by atoms with Gasteiger partial charge in [-0.05, 0) is 43.7 Å². The second-order valence-electron chi connectivity index (χ2n) is 6.88. The van der Waals surface area contributed by atoms with E-state index in [1.807, 2.05) is 36.5 Å². The van der Waals surface area contributed by atoms with Crippen LogP contribution in [0.4, 0.5) is 5.82 Å². The Bertz CT molecular complexity index is 1080. The molecule has 0 radical (unpaired) electrons. The van der Waals surface area contributed by atoms with E-state index in [0.29, 0.717) is 0 Å². The van der Waals surface area contributed by atoms with Crippen molar-refractivity contribution in [2.75, 3.05) is 5.32 Å². The summed E-state index contributed by atoms with van der Waals surface area (Å²) in [6.45, 7) is 1.91. The van der Waals surface area contributed by atoms with Crippen LogP contribution in [0.15, 0.2) is 36.7 Å². The number of aromatic amines is 1. The van der Waals surface area contributed by atoms with Gasteiger partial charge in [0.2, 0.25) is 0 Å².